The van der Waals surface area contributed by atoms with E-state index in [9.17, 15) is 58.7 Å². The number of imide groups is 2. The van der Waals surface area contributed by atoms with Crippen molar-refractivity contribution in [3.63, 3.8) is 0 Å². The average Bonchev–Trinajstić information content (AvgIpc) is 1.68. The first kappa shape index (κ1) is 76.5. The fourth-order valence-corrected chi connectivity index (χ4v) is 16.7. The van der Waals surface area contributed by atoms with Crippen LogP contribution >= 0.6 is 140 Å². The number of carbonyl (C=O) groups excluding carboxylic acids is 4. The molecular weight excluding hydrogens is 1740 g/mol. The third-order valence-corrected chi connectivity index (χ3v) is 22.2. The molecule has 8 aromatic rings. The maximum atomic E-state index is 14.4. The van der Waals surface area contributed by atoms with Gasteiger partial charge in [-0.25, -0.2) is 0 Å². The fourth-order valence-electron chi connectivity index (χ4n) is 12.7. The van der Waals surface area contributed by atoms with Crippen LogP contribution in [0.1, 0.15) is 94.1 Å². The van der Waals surface area contributed by atoms with Crippen molar-refractivity contribution in [3.8, 4) is 0 Å². The van der Waals surface area contributed by atoms with E-state index in [-0.39, 0.29) is 136 Å². The van der Waals surface area contributed by atoms with Crippen molar-refractivity contribution >= 4 is 175 Å². The SMILES string of the molecule is FC(F)(F)C1(c2cc(Cl)cc(Cl)c2)CCNC1.NCc1ccc(N2CCC(c3cc(Cl)cc(Cl)c3)(C(F)(F)F)C2)cc1Br.O=C1c2ccccc2C(=O)N1Cc1ccc(I)cc1Br.O=C1c2ccccc2C(=O)N1Cc1ccc(N2CCC(c3cc(Cl)cc(Cl)c3)(C(F)(F)F)C2)cc1Br. The van der Waals surface area contributed by atoms with E-state index in [1.165, 1.54) is 59.5 Å². The van der Waals surface area contributed by atoms with Crippen molar-refractivity contribution in [1.82, 2.24) is 15.1 Å². The van der Waals surface area contributed by atoms with Crippen LogP contribution in [0, 0.1) is 3.57 Å². The summed E-state index contributed by atoms with van der Waals surface area (Å²) >= 11 is 48.1. The number of nitrogens with zero attached hydrogens (tertiary/aromatic N) is 4. The van der Waals surface area contributed by atoms with E-state index in [0.717, 1.165) is 28.5 Å². The minimum Gasteiger partial charge on any atom is -0.370 e. The Morgan fingerprint density at radius 3 is 1.06 bits per heavy atom. The molecule has 5 aliphatic heterocycles. The van der Waals surface area contributed by atoms with Crippen LogP contribution in [0.4, 0.5) is 50.9 Å². The Bertz CT molecular complexity index is 4330. The molecule has 3 unspecified atom stereocenters. The maximum Gasteiger partial charge on any atom is 0.400 e. The van der Waals surface area contributed by atoms with Crippen LogP contribution in [0.2, 0.25) is 30.1 Å². The molecule has 0 spiro atoms. The zero-order chi connectivity index (χ0) is 71.9. The third-order valence-electron chi connectivity index (χ3n) is 18.0. The molecule has 3 N–H and O–H groups in total. The van der Waals surface area contributed by atoms with Gasteiger partial charge >= 0.3 is 18.5 Å². The molecule has 29 heteroatoms. The number of anilines is 2. The molecule has 0 aliphatic carbocycles. The number of rotatable bonds is 10. The number of halogens is 19. The number of carbonyl (C=O) groups is 4. The zero-order valence-corrected chi connectivity index (χ0v) is 62.6. The standard InChI is InChI=1S/C26H18BrCl2F3N2O2.C18H16BrCl2F3N2.C15H9BrINO2.C11H10Cl2F3N/c27-22-12-19(6-5-15(22)13-34-23(35)20-3-1-2-4-21(20)24(34)36)33-8-7-25(14-33,26(30,31)32)16-9-17(28)11-18(29)10-16;19-16-8-15(2-1-11(16)9-25)26-4-3-17(10-26,18(22,23)24)12-5-13(20)7-14(21)6-12;16-13-7-10(17)6-5-9(13)8-18-14(19)11-3-1-2-4-12(11)15(18)20;12-8-3-7(4-9(13)5-8)10(11(14,15)16)1-2-17-6-10/h1-6,9-12H,7-8,13-14H2;1-2,5-8H,3-4,9-10,25H2;1-7H,8H2;3-5,17H,1-2,6H2. The molecule has 8 aromatic carbocycles. The van der Waals surface area contributed by atoms with Crippen LogP contribution in [-0.2, 0) is 35.9 Å². The lowest BCUT2D eigenvalue weighted by Gasteiger charge is -2.33. The van der Waals surface area contributed by atoms with Crippen LogP contribution < -0.4 is 20.9 Å². The average molecular weight is 1790 g/mol. The van der Waals surface area contributed by atoms with Gasteiger partial charge in [-0.15, -0.1) is 0 Å². The second kappa shape index (κ2) is 30.6. The molecule has 0 bridgehead atoms. The van der Waals surface area contributed by atoms with Crippen LogP contribution in [0.5, 0.6) is 0 Å². The van der Waals surface area contributed by atoms with Gasteiger partial charge in [0.25, 0.3) is 23.6 Å². The van der Waals surface area contributed by atoms with E-state index in [2.05, 4.69) is 75.7 Å². The molecule has 0 aromatic heterocycles. The van der Waals surface area contributed by atoms with Gasteiger partial charge in [-0.2, -0.15) is 39.5 Å². The summed E-state index contributed by atoms with van der Waals surface area (Å²) in [4.78, 5) is 55.8. The van der Waals surface area contributed by atoms with Crippen molar-refractivity contribution < 1.29 is 58.7 Å². The van der Waals surface area contributed by atoms with Crippen molar-refractivity contribution in [1.29, 1.82) is 0 Å². The van der Waals surface area contributed by atoms with Crippen LogP contribution in [0.25, 0.3) is 0 Å². The van der Waals surface area contributed by atoms with Crippen LogP contribution in [0.3, 0.4) is 0 Å². The molecule has 13 rings (SSSR count). The first-order valence-electron chi connectivity index (χ1n) is 30.0. The summed E-state index contributed by atoms with van der Waals surface area (Å²) in [6, 6.07) is 42.3. The number of hydrogen-bond donors (Lipinski definition) is 2. The Morgan fingerprint density at radius 2 is 0.758 bits per heavy atom. The number of nitrogens with two attached hydrogens (primary N) is 1. The summed E-state index contributed by atoms with van der Waals surface area (Å²) in [5.41, 5.74) is 5.38. The Kier molecular flexibility index (Phi) is 23.7. The van der Waals surface area contributed by atoms with Gasteiger partial charge in [0.1, 0.15) is 16.2 Å². The van der Waals surface area contributed by atoms with Gasteiger partial charge in [-0.1, -0.05) is 160 Å². The number of amides is 4. The number of hydrogen-bond acceptors (Lipinski definition) is 8. The highest BCUT2D eigenvalue weighted by atomic mass is 127. The quantitative estimate of drug-likeness (QED) is 0.0789. The summed E-state index contributed by atoms with van der Waals surface area (Å²) in [6.45, 7) is 0.848. The maximum absolute atomic E-state index is 14.4. The van der Waals surface area contributed by atoms with E-state index < -0.39 is 34.8 Å². The Hall–Kier alpha value is -5.16. The minimum absolute atomic E-state index is 0.00711. The summed E-state index contributed by atoms with van der Waals surface area (Å²) in [5.74, 6) is -1.20. The molecule has 520 valence electrons. The first-order chi connectivity index (χ1) is 46.6. The number of fused-ring (bicyclic) bond motifs is 2. The van der Waals surface area contributed by atoms with E-state index in [4.69, 9.17) is 75.3 Å². The molecule has 4 amide bonds. The molecule has 10 nitrogen and oxygen atoms in total. The summed E-state index contributed by atoms with van der Waals surface area (Å²) < 4.78 is 129. The van der Waals surface area contributed by atoms with Gasteiger partial charge < -0.3 is 20.9 Å². The van der Waals surface area contributed by atoms with E-state index in [1.54, 1.807) is 88.7 Å². The summed E-state index contributed by atoms with van der Waals surface area (Å²) in [5, 5.41) is 3.90. The number of nitrogens with one attached hydrogen (secondary N) is 1. The predicted octanol–water partition coefficient (Wildman–Crippen LogP) is 20.8. The smallest absolute Gasteiger partial charge is 0.370 e. The normalized spacial score (nSPS) is 19.8. The van der Waals surface area contributed by atoms with Gasteiger partial charge in [-0.05, 0) is 197 Å². The second-order valence-electron chi connectivity index (χ2n) is 24.0. The molecule has 0 radical (unpaired) electrons. The topological polar surface area (TPSA) is 119 Å². The highest BCUT2D eigenvalue weighted by Crippen LogP contribution is 2.52. The van der Waals surface area contributed by atoms with Gasteiger partial charge in [0.05, 0.1) is 35.3 Å². The first-order valence-corrected chi connectivity index (χ1v) is 35.7. The van der Waals surface area contributed by atoms with Crippen LogP contribution in [0.15, 0.2) is 171 Å². The predicted molar refractivity (Wildman–Crippen MR) is 388 cm³/mol. The van der Waals surface area contributed by atoms with Crippen molar-refractivity contribution in [2.24, 2.45) is 5.73 Å². The van der Waals surface area contributed by atoms with Gasteiger partial charge in [0.15, 0.2) is 0 Å². The molecule has 3 saturated heterocycles. The number of benzene rings is 8. The number of alkyl halides is 9. The lowest BCUT2D eigenvalue weighted by atomic mass is 9.79. The van der Waals surface area contributed by atoms with Crippen molar-refractivity contribution in [3.05, 3.63) is 260 Å². The Labute approximate surface area is 632 Å². The lowest BCUT2D eigenvalue weighted by Crippen LogP contribution is -2.44. The molecule has 5 heterocycles. The van der Waals surface area contributed by atoms with Gasteiger partial charge in [0, 0.05) is 97.8 Å². The highest BCUT2D eigenvalue weighted by molar-refractivity contribution is 14.1. The summed E-state index contributed by atoms with van der Waals surface area (Å²) in [6.07, 6.45) is -13.5. The second-order valence-corrected chi connectivity index (χ2v) is 30.4. The monoisotopic (exact) mass is 1790 g/mol. The van der Waals surface area contributed by atoms with Crippen LogP contribution in [-0.4, -0.2) is 91.2 Å². The van der Waals surface area contributed by atoms with Crippen molar-refractivity contribution in [2.45, 2.75) is 73.7 Å². The Morgan fingerprint density at radius 1 is 0.434 bits per heavy atom. The molecule has 3 atom stereocenters. The molecular formula is C70H53Br3Cl6F9IN6O4. The Balaban J connectivity index is 0.000000149. The van der Waals surface area contributed by atoms with Gasteiger partial charge in [0.2, 0.25) is 0 Å². The molecule has 3 fully saturated rings. The van der Waals surface area contributed by atoms with E-state index >= 15 is 0 Å². The zero-order valence-electron chi connectivity index (χ0n) is 51.2. The molecule has 0 saturated carbocycles. The largest absolute Gasteiger partial charge is 0.400 e. The minimum atomic E-state index is -4.52. The molecule has 5 aliphatic rings. The lowest BCUT2D eigenvalue weighted by molar-refractivity contribution is -0.185. The van der Waals surface area contributed by atoms with E-state index in [0.29, 0.717) is 56.8 Å². The molecule has 99 heavy (non-hydrogen) atoms. The summed E-state index contributed by atoms with van der Waals surface area (Å²) in [7, 11) is 0. The van der Waals surface area contributed by atoms with E-state index in [1.807, 2.05) is 24.3 Å². The van der Waals surface area contributed by atoms with Crippen molar-refractivity contribution in [2.75, 3.05) is 49.1 Å². The third kappa shape index (κ3) is 16.1. The highest BCUT2D eigenvalue weighted by Gasteiger charge is 2.61. The fraction of sp³-hybridized carbons (Fsp3) is 0.257. The van der Waals surface area contributed by atoms with Gasteiger partial charge in [-0.3, -0.25) is 29.0 Å².